The number of rotatable bonds is 3. The second-order valence-corrected chi connectivity index (χ2v) is 8.13. The lowest BCUT2D eigenvalue weighted by molar-refractivity contribution is 0.0299. The molecule has 1 amide bonds. The molecule has 30 heavy (non-hydrogen) atoms. The Balaban J connectivity index is 1.70. The number of benzene rings is 2. The number of morpholine rings is 1. The SMILES string of the molecule is CC(C)c1ccc(-c2nc(C(=O)N3CCOCC3)cc3c2[nH]c2ccccc23)cc1. The summed E-state index contributed by atoms with van der Waals surface area (Å²) in [5.74, 6) is 0.430. The molecule has 152 valence electrons. The Morgan fingerprint density at radius 3 is 2.50 bits per heavy atom. The zero-order valence-electron chi connectivity index (χ0n) is 17.3. The fraction of sp³-hybridized carbons (Fsp3) is 0.280. The van der Waals surface area contributed by atoms with Crippen molar-refractivity contribution in [3.63, 3.8) is 0 Å². The van der Waals surface area contributed by atoms with Crippen LogP contribution in [0.5, 0.6) is 0 Å². The van der Waals surface area contributed by atoms with Crippen LogP contribution in [0.4, 0.5) is 0 Å². The molecule has 1 fully saturated rings. The van der Waals surface area contributed by atoms with Gasteiger partial charge in [-0.15, -0.1) is 0 Å². The molecule has 0 atom stereocenters. The number of nitrogens with one attached hydrogen (secondary N) is 1. The summed E-state index contributed by atoms with van der Waals surface area (Å²) in [7, 11) is 0. The van der Waals surface area contributed by atoms with Crippen LogP contribution in [0.25, 0.3) is 33.1 Å². The van der Waals surface area contributed by atoms with Gasteiger partial charge in [0.2, 0.25) is 0 Å². The van der Waals surface area contributed by atoms with Crippen molar-refractivity contribution < 1.29 is 9.53 Å². The second-order valence-electron chi connectivity index (χ2n) is 8.13. The first kappa shape index (κ1) is 18.8. The van der Waals surface area contributed by atoms with Crippen LogP contribution in [0.3, 0.4) is 0 Å². The smallest absolute Gasteiger partial charge is 0.272 e. The Morgan fingerprint density at radius 2 is 1.77 bits per heavy atom. The Kier molecular flexibility index (Phi) is 4.75. The van der Waals surface area contributed by atoms with Gasteiger partial charge >= 0.3 is 0 Å². The number of aromatic amines is 1. The largest absolute Gasteiger partial charge is 0.378 e. The summed E-state index contributed by atoms with van der Waals surface area (Å²) in [4.78, 5) is 23.4. The predicted octanol–water partition coefficient (Wildman–Crippen LogP) is 4.98. The van der Waals surface area contributed by atoms with E-state index in [1.165, 1.54) is 5.56 Å². The van der Waals surface area contributed by atoms with Crippen LogP contribution in [0.1, 0.15) is 35.8 Å². The first-order valence-electron chi connectivity index (χ1n) is 10.5. The topological polar surface area (TPSA) is 58.2 Å². The molecule has 1 N–H and O–H groups in total. The molecule has 3 heterocycles. The van der Waals surface area contributed by atoms with E-state index < -0.39 is 0 Å². The van der Waals surface area contributed by atoms with Gasteiger partial charge in [-0.25, -0.2) is 4.98 Å². The molecule has 5 nitrogen and oxygen atoms in total. The van der Waals surface area contributed by atoms with Gasteiger partial charge in [-0.05, 0) is 23.6 Å². The molecule has 0 unspecified atom stereocenters. The third-order valence-electron chi connectivity index (χ3n) is 5.86. The molecular weight excluding hydrogens is 374 g/mol. The van der Waals surface area contributed by atoms with E-state index in [1.54, 1.807) is 0 Å². The van der Waals surface area contributed by atoms with Gasteiger partial charge in [-0.2, -0.15) is 0 Å². The maximum atomic E-state index is 13.2. The lowest BCUT2D eigenvalue weighted by Gasteiger charge is -2.26. The average Bonchev–Trinajstić information content (AvgIpc) is 3.17. The van der Waals surface area contributed by atoms with Crippen molar-refractivity contribution >= 4 is 27.7 Å². The maximum Gasteiger partial charge on any atom is 0.272 e. The third-order valence-corrected chi connectivity index (χ3v) is 5.86. The fourth-order valence-electron chi connectivity index (χ4n) is 4.12. The summed E-state index contributed by atoms with van der Waals surface area (Å²) in [6, 6.07) is 18.6. The Bertz CT molecular complexity index is 1220. The van der Waals surface area contributed by atoms with Gasteiger partial charge in [0, 0.05) is 34.9 Å². The number of hydrogen-bond donors (Lipinski definition) is 1. The standard InChI is InChI=1S/C25H25N3O2/c1-16(2)17-7-9-18(10-8-17)23-24-20(19-5-3-4-6-21(19)26-24)15-22(27-23)25(29)28-11-13-30-14-12-28/h3-10,15-16,26H,11-14H2,1-2H3. The molecule has 1 aliphatic rings. The summed E-state index contributed by atoms with van der Waals surface area (Å²) in [6.45, 7) is 6.72. The number of H-pyrrole nitrogens is 1. The van der Waals surface area contributed by atoms with Gasteiger partial charge in [-0.3, -0.25) is 4.79 Å². The number of hydrogen-bond acceptors (Lipinski definition) is 3. The summed E-state index contributed by atoms with van der Waals surface area (Å²) in [6.07, 6.45) is 0. The molecule has 0 bridgehead atoms. The lowest BCUT2D eigenvalue weighted by atomic mass is 9.99. The Morgan fingerprint density at radius 1 is 1.03 bits per heavy atom. The lowest BCUT2D eigenvalue weighted by Crippen LogP contribution is -2.41. The van der Waals surface area contributed by atoms with Crippen LogP contribution in [0.2, 0.25) is 0 Å². The molecule has 1 aliphatic heterocycles. The minimum Gasteiger partial charge on any atom is -0.378 e. The summed E-state index contributed by atoms with van der Waals surface area (Å²) >= 11 is 0. The summed E-state index contributed by atoms with van der Waals surface area (Å²) < 4.78 is 5.41. The minimum atomic E-state index is -0.0365. The van der Waals surface area contributed by atoms with Gasteiger partial charge in [0.15, 0.2) is 0 Å². The number of pyridine rings is 1. The highest BCUT2D eigenvalue weighted by Crippen LogP contribution is 2.33. The highest BCUT2D eigenvalue weighted by Gasteiger charge is 2.22. The van der Waals surface area contributed by atoms with E-state index in [2.05, 4.69) is 55.2 Å². The predicted molar refractivity (Wildman–Crippen MR) is 120 cm³/mol. The van der Waals surface area contributed by atoms with E-state index in [1.807, 2.05) is 23.1 Å². The Labute approximate surface area is 175 Å². The number of para-hydroxylation sites is 1. The quantitative estimate of drug-likeness (QED) is 0.529. The number of aromatic nitrogens is 2. The number of carbonyl (C=O) groups is 1. The van der Waals surface area contributed by atoms with E-state index in [4.69, 9.17) is 9.72 Å². The van der Waals surface area contributed by atoms with Crippen molar-refractivity contribution in [1.82, 2.24) is 14.9 Å². The summed E-state index contributed by atoms with van der Waals surface area (Å²) in [5, 5.41) is 2.13. The minimum absolute atomic E-state index is 0.0365. The van der Waals surface area contributed by atoms with Gasteiger partial charge in [-0.1, -0.05) is 56.3 Å². The number of carbonyl (C=O) groups excluding carboxylic acids is 1. The van der Waals surface area contributed by atoms with E-state index >= 15 is 0 Å². The molecule has 4 aromatic rings. The molecule has 2 aromatic heterocycles. The van der Waals surface area contributed by atoms with Crippen molar-refractivity contribution in [2.24, 2.45) is 0 Å². The average molecular weight is 399 g/mol. The zero-order chi connectivity index (χ0) is 20.7. The molecule has 0 radical (unpaired) electrons. The molecule has 5 rings (SSSR count). The zero-order valence-corrected chi connectivity index (χ0v) is 17.3. The normalized spacial score (nSPS) is 14.7. The highest BCUT2D eigenvalue weighted by molar-refractivity contribution is 6.13. The number of fused-ring (bicyclic) bond motifs is 3. The monoisotopic (exact) mass is 399 g/mol. The fourth-order valence-corrected chi connectivity index (χ4v) is 4.12. The van der Waals surface area contributed by atoms with Crippen molar-refractivity contribution in [3.8, 4) is 11.3 Å². The van der Waals surface area contributed by atoms with Gasteiger partial charge in [0.25, 0.3) is 5.91 Å². The molecule has 1 saturated heterocycles. The molecule has 0 aliphatic carbocycles. The van der Waals surface area contributed by atoms with Crippen molar-refractivity contribution in [2.45, 2.75) is 19.8 Å². The molecule has 0 spiro atoms. The van der Waals surface area contributed by atoms with Crippen LogP contribution in [0.15, 0.2) is 54.6 Å². The van der Waals surface area contributed by atoms with E-state index in [-0.39, 0.29) is 5.91 Å². The van der Waals surface area contributed by atoms with Crippen LogP contribution >= 0.6 is 0 Å². The second kappa shape index (κ2) is 7.58. The number of ether oxygens (including phenoxy) is 1. The molecule has 5 heteroatoms. The van der Waals surface area contributed by atoms with Gasteiger partial charge < -0.3 is 14.6 Å². The summed E-state index contributed by atoms with van der Waals surface area (Å²) in [5.41, 5.74) is 5.60. The van der Waals surface area contributed by atoms with E-state index in [0.717, 1.165) is 33.1 Å². The van der Waals surface area contributed by atoms with Crippen molar-refractivity contribution in [1.29, 1.82) is 0 Å². The number of amides is 1. The highest BCUT2D eigenvalue weighted by atomic mass is 16.5. The van der Waals surface area contributed by atoms with Gasteiger partial charge in [0.05, 0.1) is 24.4 Å². The van der Waals surface area contributed by atoms with Crippen molar-refractivity contribution in [3.05, 3.63) is 65.9 Å². The maximum absolute atomic E-state index is 13.2. The molecule has 0 saturated carbocycles. The van der Waals surface area contributed by atoms with Gasteiger partial charge in [0.1, 0.15) is 5.69 Å². The first-order valence-corrected chi connectivity index (χ1v) is 10.5. The molecular formula is C25H25N3O2. The van der Waals surface area contributed by atoms with E-state index in [0.29, 0.717) is 37.9 Å². The van der Waals surface area contributed by atoms with E-state index in [9.17, 15) is 4.79 Å². The van der Waals surface area contributed by atoms with Crippen LogP contribution in [0, 0.1) is 0 Å². The first-order chi connectivity index (χ1) is 14.6. The Hall–Kier alpha value is -3.18. The number of nitrogens with zero attached hydrogens (tertiary/aromatic N) is 2. The van der Waals surface area contributed by atoms with Crippen LogP contribution in [-0.2, 0) is 4.74 Å². The molecule has 2 aromatic carbocycles. The van der Waals surface area contributed by atoms with Crippen LogP contribution < -0.4 is 0 Å². The van der Waals surface area contributed by atoms with Crippen molar-refractivity contribution in [2.75, 3.05) is 26.3 Å². The van der Waals surface area contributed by atoms with Crippen LogP contribution in [-0.4, -0.2) is 47.1 Å². The third kappa shape index (κ3) is 3.25.